The van der Waals surface area contributed by atoms with Gasteiger partial charge in [-0.25, -0.2) is 9.59 Å². The molecule has 176 valence electrons. The van der Waals surface area contributed by atoms with Gasteiger partial charge in [-0.3, -0.25) is 9.79 Å². The largest absolute Gasteiger partial charge is 0.507 e. The zero-order valence-electron chi connectivity index (χ0n) is 17.7. The normalized spacial score (nSPS) is 11.0. The van der Waals surface area contributed by atoms with E-state index in [-0.39, 0.29) is 42.7 Å². The Hall–Kier alpha value is -4.48. The Kier molecular flexibility index (Phi) is 9.31. The Morgan fingerprint density at radius 2 is 1.79 bits per heavy atom. The maximum Gasteiger partial charge on any atom is 0.328 e. The molecule has 0 aliphatic carbocycles. The molecule has 0 unspecified atom stereocenters. The molecule has 12 heteroatoms. The van der Waals surface area contributed by atoms with Crippen LogP contribution in [0.3, 0.4) is 0 Å². The van der Waals surface area contributed by atoms with Crippen molar-refractivity contribution < 1.29 is 29.3 Å². The number of aliphatic imine (C=N–C) groups is 1. The van der Waals surface area contributed by atoms with Gasteiger partial charge in [0.05, 0.1) is 12.1 Å². The zero-order chi connectivity index (χ0) is 24.2. The third-order valence-corrected chi connectivity index (χ3v) is 4.23. The number of nitrogens with zero attached hydrogens (tertiary/aromatic N) is 1. The van der Waals surface area contributed by atoms with Crippen LogP contribution >= 0.6 is 0 Å². The topological polar surface area (TPSA) is 201 Å². The number of benzene rings is 2. The van der Waals surface area contributed by atoms with Crippen molar-refractivity contribution in [2.75, 3.05) is 19.7 Å². The van der Waals surface area contributed by atoms with E-state index in [0.29, 0.717) is 0 Å². The van der Waals surface area contributed by atoms with Gasteiger partial charge in [-0.15, -0.1) is 0 Å². The van der Waals surface area contributed by atoms with E-state index in [1.54, 1.807) is 0 Å². The molecule has 0 aromatic heterocycles. The maximum absolute atomic E-state index is 12.4. The number of hydrogen-bond acceptors (Lipinski definition) is 6. The minimum absolute atomic E-state index is 0.0729. The molecule has 12 nitrogen and oxygen atoms in total. The summed E-state index contributed by atoms with van der Waals surface area (Å²) < 4.78 is 5.36. The van der Waals surface area contributed by atoms with Crippen molar-refractivity contribution in [2.45, 2.75) is 12.6 Å². The van der Waals surface area contributed by atoms with E-state index in [1.807, 2.05) is 30.3 Å². The highest BCUT2D eigenvalue weighted by molar-refractivity contribution is 5.97. The highest BCUT2D eigenvalue weighted by atomic mass is 16.5. The summed E-state index contributed by atoms with van der Waals surface area (Å²) in [5, 5.41) is 26.6. The Morgan fingerprint density at radius 1 is 1.06 bits per heavy atom. The SMILES string of the molecule is NC(N)=NCCOc1ccc(C(=O)NC[C@H](NC(=O)NCc2ccccc2)C(=O)O)c(O)c1. The summed E-state index contributed by atoms with van der Waals surface area (Å²) in [6.45, 7) is 0.178. The average molecular weight is 458 g/mol. The fraction of sp³-hybridized carbons (Fsp3) is 0.238. The number of nitrogens with one attached hydrogen (secondary N) is 3. The van der Waals surface area contributed by atoms with Gasteiger partial charge in [0.1, 0.15) is 24.1 Å². The predicted molar refractivity (Wildman–Crippen MR) is 120 cm³/mol. The third-order valence-electron chi connectivity index (χ3n) is 4.23. The fourth-order valence-corrected chi connectivity index (χ4v) is 2.61. The number of amides is 3. The molecule has 0 heterocycles. The van der Waals surface area contributed by atoms with Crippen LogP contribution < -0.4 is 32.2 Å². The number of rotatable bonds is 11. The first-order valence-electron chi connectivity index (χ1n) is 9.86. The van der Waals surface area contributed by atoms with E-state index in [2.05, 4.69) is 20.9 Å². The first-order valence-corrected chi connectivity index (χ1v) is 9.86. The van der Waals surface area contributed by atoms with Crippen molar-refractivity contribution >= 4 is 23.9 Å². The molecule has 2 aromatic rings. The van der Waals surface area contributed by atoms with E-state index in [0.717, 1.165) is 5.56 Å². The molecule has 33 heavy (non-hydrogen) atoms. The molecule has 0 fully saturated rings. The van der Waals surface area contributed by atoms with Gasteiger partial charge >= 0.3 is 12.0 Å². The van der Waals surface area contributed by atoms with Crippen LogP contribution in [-0.2, 0) is 11.3 Å². The molecule has 2 aromatic carbocycles. The number of hydrogen-bond donors (Lipinski definition) is 7. The smallest absolute Gasteiger partial charge is 0.328 e. The molecular formula is C21H26N6O6. The van der Waals surface area contributed by atoms with Crippen LogP contribution in [0.5, 0.6) is 11.5 Å². The van der Waals surface area contributed by atoms with E-state index >= 15 is 0 Å². The second-order valence-electron chi connectivity index (χ2n) is 6.75. The summed E-state index contributed by atoms with van der Waals surface area (Å²) in [6, 6.07) is 11.0. The number of aromatic hydroxyl groups is 1. The van der Waals surface area contributed by atoms with Crippen LogP contribution in [0.15, 0.2) is 53.5 Å². The van der Waals surface area contributed by atoms with Crippen molar-refractivity contribution in [2.24, 2.45) is 16.5 Å². The molecule has 0 spiro atoms. The molecule has 0 saturated heterocycles. The number of carbonyl (C=O) groups is 3. The van der Waals surface area contributed by atoms with Crippen LogP contribution in [0.2, 0.25) is 0 Å². The lowest BCUT2D eigenvalue weighted by molar-refractivity contribution is -0.139. The summed E-state index contributed by atoms with van der Waals surface area (Å²) >= 11 is 0. The first kappa shape index (κ1) is 24.8. The van der Waals surface area contributed by atoms with Gasteiger partial charge in [-0.2, -0.15) is 0 Å². The number of carbonyl (C=O) groups excluding carboxylic acids is 2. The number of ether oxygens (including phenoxy) is 1. The second-order valence-corrected chi connectivity index (χ2v) is 6.75. The Balaban J connectivity index is 1.86. The number of aliphatic carboxylic acids is 1. The Morgan fingerprint density at radius 3 is 2.42 bits per heavy atom. The minimum Gasteiger partial charge on any atom is -0.507 e. The van der Waals surface area contributed by atoms with Crippen molar-refractivity contribution in [3.8, 4) is 11.5 Å². The highest BCUT2D eigenvalue weighted by Crippen LogP contribution is 2.23. The monoisotopic (exact) mass is 458 g/mol. The molecule has 0 radical (unpaired) electrons. The van der Waals surface area contributed by atoms with Gasteiger partial charge in [-0.05, 0) is 17.7 Å². The van der Waals surface area contributed by atoms with Gasteiger partial charge < -0.3 is 42.4 Å². The van der Waals surface area contributed by atoms with E-state index in [4.69, 9.17) is 16.2 Å². The molecule has 0 aliphatic heterocycles. The van der Waals surface area contributed by atoms with Crippen LogP contribution in [-0.4, -0.2) is 59.8 Å². The zero-order valence-corrected chi connectivity index (χ0v) is 17.7. The van der Waals surface area contributed by atoms with E-state index < -0.39 is 30.5 Å². The maximum atomic E-state index is 12.4. The van der Waals surface area contributed by atoms with Crippen LogP contribution in [0.25, 0.3) is 0 Å². The molecule has 0 aliphatic rings. The lowest BCUT2D eigenvalue weighted by Gasteiger charge is -2.16. The van der Waals surface area contributed by atoms with Crippen molar-refractivity contribution in [1.82, 2.24) is 16.0 Å². The van der Waals surface area contributed by atoms with Gasteiger partial charge in [0, 0.05) is 19.2 Å². The number of guanidine groups is 1. The highest BCUT2D eigenvalue weighted by Gasteiger charge is 2.22. The van der Waals surface area contributed by atoms with Crippen LogP contribution in [0, 0.1) is 0 Å². The van der Waals surface area contributed by atoms with Gasteiger partial charge in [0.2, 0.25) is 0 Å². The van der Waals surface area contributed by atoms with Crippen molar-refractivity contribution in [1.29, 1.82) is 0 Å². The lowest BCUT2D eigenvalue weighted by Crippen LogP contribution is -2.51. The van der Waals surface area contributed by atoms with Gasteiger partial charge in [0.15, 0.2) is 5.96 Å². The molecule has 2 rings (SSSR count). The van der Waals surface area contributed by atoms with Crippen molar-refractivity contribution in [3.63, 3.8) is 0 Å². The standard InChI is InChI=1S/C21H26N6O6/c22-20(23)24-8-9-33-14-6-7-15(17(28)10-14)18(29)25-12-16(19(30)31)27-21(32)26-11-13-4-2-1-3-5-13/h1-7,10,16,28H,8-9,11-12H2,(H,25,29)(H,30,31)(H4,22,23,24)(H2,26,27,32)/t16-/m0/s1. The minimum atomic E-state index is -1.38. The molecule has 0 saturated carbocycles. The first-order chi connectivity index (χ1) is 15.8. The number of carboxylic acid groups (broad SMARTS) is 1. The van der Waals surface area contributed by atoms with Crippen LogP contribution in [0.4, 0.5) is 4.79 Å². The number of nitrogens with two attached hydrogens (primary N) is 2. The van der Waals surface area contributed by atoms with E-state index in [9.17, 15) is 24.6 Å². The number of phenols is 1. The third kappa shape index (κ3) is 8.65. The number of carboxylic acids is 1. The molecule has 1 atom stereocenters. The quantitative estimate of drug-likeness (QED) is 0.135. The van der Waals surface area contributed by atoms with Crippen molar-refractivity contribution in [3.05, 3.63) is 59.7 Å². The molecule has 3 amide bonds. The second kappa shape index (κ2) is 12.4. The predicted octanol–water partition coefficient (Wildman–Crippen LogP) is -0.273. The number of urea groups is 1. The Bertz CT molecular complexity index is 994. The molecular weight excluding hydrogens is 432 g/mol. The Labute approximate surface area is 189 Å². The summed E-state index contributed by atoms with van der Waals surface area (Å²) in [4.78, 5) is 39.6. The molecule has 9 N–H and O–H groups in total. The van der Waals surface area contributed by atoms with E-state index in [1.165, 1.54) is 18.2 Å². The van der Waals surface area contributed by atoms with Crippen LogP contribution in [0.1, 0.15) is 15.9 Å². The number of phenolic OH excluding ortho intramolecular Hbond substituents is 1. The summed E-state index contributed by atoms with van der Waals surface area (Å²) in [5.41, 5.74) is 11.2. The fourth-order valence-electron chi connectivity index (χ4n) is 2.61. The van der Waals surface area contributed by atoms with Gasteiger partial charge in [-0.1, -0.05) is 30.3 Å². The summed E-state index contributed by atoms with van der Waals surface area (Å²) in [7, 11) is 0. The summed E-state index contributed by atoms with van der Waals surface area (Å²) in [6.07, 6.45) is 0. The van der Waals surface area contributed by atoms with Gasteiger partial charge in [0.25, 0.3) is 5.91 Å². The average Bonchev–Trinajstić information content (AvgIpc) is 2.78. The lowest BCUT2D eigenvalue weighted by atomic mass is 10.1. The summed E-state index contributed by atoms with van der Waals surface area (Å²) in [5.74, 6) is -2.21. The molecule has 0 bridgehead atoms.